The van der Waals surface area contributed by atoms with Gasteiger partial charge < -0.3 is 10.1 Å². The monoisotopic (exact) mass is 290 g/mol. The number of ether oxygens (including phenoxy) is 1. The van der Waals surface area contributed by atoms with Gasteiger partial charge in [0.2, 0.25) is 0 Å². The first-order valence-electron chi connectivity index (χ1n) is 8.23. The molecule has 3 nitrogen and oxygen atoms in total. The van der Waals surface area contributed by atoms with Crippen LogP contribution in [0.15, 0.2) is 24.3 Å². The molecule has 2 rings (SSSR count). The van der Waals surface area contributed by atoms with Gasteiger partial charge >= 0.3 is 0 Å². The zero-order valence-corrected chi connectivity index (χ0v) is 14.0. The second-order valence-electron chi connectivity index (χ2n) is 6.45. The number of hydrogen-bond donors (Lipinski definition) is 1. The van der Waals surface area contributed by atoms with Gasteiger partial charge in [0.05, 0.1) is 7.11 Å². The molecule has 2 unspecified atom stereocenters. The number of nitrogens with one attached hydrogen (secondary N) is 1. The van der Waals surface area contributed by atoms with E-state index in [2.05, 4.69) is 49.2 Å². The maximum absolute atomic E-state index is 5.52. The van der Waals surface area contributed by atoms with E-state index in [-0.39, 0.29) is 5.54 Å². The average Bonchev–Trinajstić information content (AvgIpc) is 2.51. The first-order chi connectivity index (χ1) is 10.1. The molecule has 0 aromatic heterocycles. The summed E-state index contributed by atoms with van der Waals surface area (Å²) in [5.41, 5.74) is 1.52. The van der Waals surface area contributed by atoms with Crippen LogP contribution >= 0.6 is 0 Å². The third kappa shape index (κ3) is 3.98. The van der Waals surface area contributed by atoms with Crippen LogP contribution in [0, 0.1) is 0 Å². The van der Waals surface area contributed by atoms with Crippen molar-refractivity contribution in [1.82, 2.24) is 10.2 Å². The maximum Gasteiger partial charge on any atom is 0.123 e. The minimum Gasteiger partial charge on any atom is -0.496 e. The highest BCUT2D eigenvalue weighted by Crippen LogP contribution is 2.26. The van der Waals surface area contributed by atoms with Gasteiger partial charge in [-0.05, 0) is 25.8 Å². The lowest BCUT2D eigenvalue weighted by Crippen LogP contribution is -2.62. The van der Waals surface area contributed by atoms with Gasteiger partial charge in [-0.1, -0.05) is 38.5 Å². The van der Waals surface area contributed by atoms with Gasteiger partial charge in [-0.15, -0.1) is 0 Å². The molecule has 1 aromatic carbocycles. The van der Waals surface area contributed by atoms with E-state index in [9.17, 15) is 0 Å². The molecule has 0 radical (unpaired) electrons. The van der Waals surface area contributed by atoms with E-state index in [1.807, 2.05) is 6.07 Å². The van der Waals surface area contributed by atoms with Gasteiger partial charge in [0, 0.05) is 36.8 Å². The van der Waals surface area contributed by atoms with Gasteiger partial charge in [-0.25, -0.2) is 0 Å². The van der Waals surface area contributed by atoms with E-state index in [4.69, 9.17) is 4.74 Å². The first-order valence-corrected chi connectivity index (χ1v) is 8.23. The fourth-order valence-electron chi connectivity index (χ4n) is 3.22. The van der Waals surface area contributed by atoms with Gasteiger partial charge in [0.15, 0.2) is 0 Å². The van der Waals surface area contributed by atoms with Gasteiger partial charge in [0.25, 0.3) is 0 Å². The van der Waals surface area contributed by atoms with Crippen LogP contribution in [0.1, 0.15) is 45.6 Å². The normalized spacial score (nSPS) is 26.8. The van der Waals surface area contributed by atoms with E-state index >= 15 is 0 Å². The van der Waals surface area contributed by atoms with Crippen LogP contribution in [0.25, 0.3) is 0 Å². The second-order valence-corrected chi connectivity index (χ2v) is 6.45. The summed E-state index contributed by atoms with van der Waals surface area (Å²) >= 11 is 0. The van der Waals surface area contributed by atoms with Crippen molar-refractivity contribution < 1.29 is 4.74 Å². The molecular formula is C18H30N2O. The summed E-state index contributed by atoms with van der Waals surface area (Å²) in [6, 6.07) is 9.02. The maximum atomic E-state index is 5.52. The van der Waals surface area contributed by atoms with Crippen LogP contribution in [0.4, 0.5) is 0 Å². The fourth-order valence-corrected chi connectivity index (χ4v) is 3.22. The molecule has 1 fully saturated rings. The second kappa shape index (κ2) is 7.28. The molecule has 0 saturated carbocycles. The van der Waals surface area contributed by atoms with Crippen molar-refractivity contribution in [3.63, 3.8) is 0 Å². The van der Waals surface area contributed by atoms with Gasteiger partial charge in [-0.2, -0.15) is 0 Å². The van der Waals surface area contributed by atoms with Crippen molar-refractivity contribution in [3.05, 3.63) is 29.8 Å². The summed E-state index contributed by atoms with van der Waals surface area (Å²) in [5, 5.41) is 3.75. The molecular weight excluding hydrogens is 260 g/mol. The van der Waals surface area contributed by atoms with Gasteiger partial charge in [-0.3, -0.25) is 4.90 Å². The van der Waals surface area contributed by atoms with E-state index in [1.165, 1.54) is 18.4 Å². The molecule has 0 spiro atoms. The summed E-state index contributed by atoms with van der Waals surface area (Å²) < 4.78 is 5.52. The molecule has 3 heteroatoms. The van der Waals surface area contributed by atoms with Crippen LogP contribution in [-0.4, -0.2) is 36.7 Å². The van der Waals surface area contributed by atoms with Gasteiger partial charge in [0.1, 0.15) is 5.75 Å². The molecule has 0 bridgehead atoms. The highest BCUT2D eigenvalue weighted by Gasteiger charge is 2.34. The highest BCUT2D eigenvalue weighted by molar-refractivity contribution is 5.33. The Balaban J connectivity index is 2.15. The Bertz CT molecular complexity index is 449. The zero-order valence-electron chi connectivity index (χ0n) is 14.0. The van der Waals surface area contributed by atoms with Crippen LogP contribution < -0.4 is 10.1 Å². The Morgan fingerprint density at radius 3 is 2.76 bits per heavy atom. The van der Waals surface area contributed by atoms with E-state index < -0.39 is 0 Å². The Hall–Kier alpha value is -1.06. The lowest BCUT2D eigenvalue weighted by molar-refractivity contribution is 0.0719. The van der Waals surface area contributed by atoms with Crippen molar-refractivity contribution in [3.8, 4) is 5.75 Å². The SMILES string of the molecule is CCCC1CNC(C)(CC)CN1Cc1ccccc1OC. The number of para-hydroxylation sites is 1. The highest BCUT2D eigenvalue weighted by atomic mass is 16.5. The molecule has 0 aliphatic carbocycles. The van der Waals surface area contributed by atoms with Crippen molar-refractivity contribution in [2.75, 3.05) is 20.2 Å². The average molecular weight is 290 g/mol. The summed E-state index contributed by atoms with van der Waals surface area (Å²) in [4.78, 5) is 2.64. The number of rotatable bonds is 6. The topological polar surface area (TPSA) is 24.5 Å². The minimum absolute atomic E-state index is 0.228. The Morgan fingerprint density at radius 1 is 1.33 bits per heavy atom. The number of piperazine rings is 1. The third-order valence-corrected chi connectivity index (χ3v) is 4.80. The number of hydrogen-bond acceptors (Lipinski definition) is 3. The van der Waals surface area contributed by atoms with Crippen molar-refractivity contribution in [2.45, 2.75) is 58.2 Å². The Kier molecular flexibility index (Phi) is 5.65. The molecule has 1 aliphatic rings. The molecule has 1 aliphatic heterocycles. The van der Waals surface area contributed by atoms with Crippen LogP contribution in [0.2, 0.25) is 0 Å². The lowest BCUT2D eigenvalue weighted by atomic mass is 9.92. The molecule has 118 valence electrons. The standard InChI is InChI=1S/C18H30N2O/c1-5-9-16-12-19-18(3,6-2)14-20(16)13-15-10-7-8-11-17(15)21-4/h7-8,10-11,16,19H,5-6,9,12-14H2,1-4H3. The fraction of sp³-hybridized carbons (Fsp3) is 0.667. The number of nitrogens with zero attached hydrogens (tertiary/aromatic N) is 1. The minimum atomic E-state index is 0.228. The Morgan fingerprint density at radius 2 is 2.10 bits per heavy atom. The summed E-state index contributed by atoms with van der Waals surface area (Å²) in [6.07, 6.45) is 3.65. The number of benzene rings is 1. The molecule has 1 heterocycles. The molecule has 2 atom stereocenters. The molecule has 1 aromatic rings. The van der Waals surface area contributed by atoms with Crippen LogP contribution in [-0.2, 0) is 6.54 Å². The summed E-state index contributed by atoms with van der Waals surface area (Å²) in [6.45, 7) is 10.1. The van der Waals surface area contributed by atoms with E-state index in [1.54, 1.807) is 7.11 Å². The first kappa shape index (κ1) is 16.3. The summed E-state index contributed by atoms with van der Waals surface area (Å²) in [7, 11) is 1.76. The number of methoxy groups -OCH3 is 1. The van der Waals surface area contributed by atoms with Crippen LogP contribution in [0.5, 0.6) is 5.75 Å². The van der Waals surface area contributed by atoms with Crippen molar-refractivity contribution in [1.29, 1.82) is 0 Å². The van der Waals surface area contributed by atoms with Crippen LogP contribution in [0.3, 0.4) is 0 Å². The quantitative estimate of drug-likeness (QED) is 0.868. The zero-order chi connectivity index (χ0) is 15.3. The van der Waals surface area contributed by atoms with Crippen molar-refractivity contribution in [2.24, 2.45) is 0 Å². The molecule has 1 saturated heterocycles. The van der Waals surface area contributed by atoms with E-state index in [0.29, 0.717) is 6.04 Å². The largest absolute Gasteiger partial charge is 0.496 e. The van der Waals surface area contributed by atoms with Crippen molar-refractivity contribution >= 4 is 0 Å². The Labute approximate surface area is 129 Å². The lowest BCUT2D eigenvalue weighted by Gasteiger charge is -2.46. The predicted molar refractivity (Wildman–Crippen MR) is 88.8 cm³/mol. The third-order valence-electron chi connectivity index (χ3n) is 4.80. The predicted octanol–water partition coefficient (Wildman–Crippen LogP) is 3.44. The molecule has 21 heavy (non-hydrogen) atoms. The van der Waals surface area contributed by atoms with E-state index in [0.717, 1.165) is 31.8 Å². The summed E-state index contributed by atoms with van der Waals surface area (Å²) in [5.74, 6) is 1.00. The molecule has 0 amide bonds. The smallest absolute Gasteiger partial charge is 0.123 e. The molecule has 1 N–H and O–H groups in total.